The van der Waals surface area contributed by atoms with Gasteiger partial charge in [-0.15, -0.1) is 0 Å². The molecular weight excluding hydrogens is 240 g/mol. The van der Waals surface area contributed by atoms with E-state index in [-0.39, 0.29) is 30.4 Å². The second-order valence-electron chi connectivity index (χ2n) is 4.89. The molecule has 1 fully saturated rings. The van der Waals surface area contributed by atoms with Gasteiger partial charge in [-0.05, 0) is 39.2 Å². The van der Waals surface area contributed by atoms with Crippen LogP contribution in [0.3, 0.4) is 0 Å². The summed E-state index contributed by atoms with van der Waals surface area (Å²) in [6.45, 7) is 4.58. The van der Waals surface area contributed by atoms with E-state index in [9.17, 15) is 8.42 Å². The Kier molecular flexibility index (Phi) is 5.85. The zero-order valence-corrected chi connectivity index (χ0v) is 11.5. The number of nitrogens with two attached hydrogens (primary N) is 1. The molecule has 0 spiro atoms. The maximum Gasteiger partial charge on any atom is 0.214 e. The molecule has 2 atom stereocenters. The molecule has 3 N–H and O–H groups in total. The van der Waals surface area contributed by atoms with Crippen LogP contribution >= 0.6 is 0 Å². The van der Waals surface area contributed by atoms with Crippen LogP contribution < -0.4 is 10.5 Å². The number of ether oxygens (including phenoxy) is 1. The van der Waals surface area contributed by atoms with E-state index in [2.05, 4.69) is 4.72 Å². The molecule has 0 aromatic carbocycles. The van der Waals surface area contributed by atoms with E-state index in [1.807, 2.05) is 13.8 Å². The normalized spacial score (nSPS) is 25.6. The van der Waals surface area contributed by atoms with Crippen LogP contribution in [0.1, 0.15) is 33.1 Å². The third kappa shape index (κ3) is 5.33. The lowest BCUT2D eigenvalue weighted by Crippen LogP contribution is -2.41. The minimum Gasteiger partial charge on any atom is -0.378 e. The Hall–Kier alpha value is -0.170. The molecule has 0 heterocycles. The third-order valence-corrected chi connectivity index (χ3v) is 4.46. The van der Waals surface area contributed by atoms with E-state index < -0.39 is 10.0 Å². The maximum absolute atomic E-state index is 11.8. The summed E-state index contributed by atoms with van der Waals surface area (Å²) < 4.78 is 31.6. The lowest BCUT2D eigenvalue weighted by atomic mass is 10.1. The van der Waals surface area contributed by atoms with E-state index in [1.165, 1.54) is 0 Å². The van der Waals surface area contributed by atoms with Crippen LogP contribution in [-0.4, -0.2) is 39.5 Å². The molecule has 0 bridgehead atoms. The zero-order chi connectivity index (χ0) is 12.9. The molecule has 1 rings (SSSR count). The molecule has 102 valence electrons. The van der Waals surface area contributed by atoms with E-state index in [1.54, 1.807) is 0 Å². The highest BCUT2D eigenvalue weighted by Crippen LogP contribution is 2.25. The lowest BCUT2D eigenvalue weighted by Gasteiger charge is -2.19. The van der Waals surface area contributed by atoms with Gasteiger partial charge in [0.05, 0.1) is 18.5 Å². The van der Waals surface area contributed by atoms with Gasteiger partial charge in [0.2, 0.25) is 10.0 Å². The second kappa shape index (κ2) is 6.68. The first kappa shape index (κ1) is 14.9. The summed E-state index contributed by atoms with van der Waals surface area (Å²) >= 11 is 0. The summed E-state index contributed by atoms with van der Waals surface area (Å²) in [6, 6.07) is 0.0176. The number of rotatable bonds is 7. The first-order valence-electron chi connectivity index (χ1n) is 6.26. The minimum absolute atomic E-state index is 0.0176. The van der Waals surface area contributed by atoms with Crippen LogP contribution in [0.25, 0.3) is 0 Å². The van der Waals surface area contributed by atoms with Gasteiger partial charge in [0, 0.05) is 6.04 Å². The Labute approximate surface area is 104 Å². The summed E-state index contributed by atoms with van der Waals surface area (Å²) in [5.41, 5.74) is 5.62. The van der Waals surface area contributed by atoms with Gasteiger partial charge in [-0.2, -0.15) is 0 Å². The SMILES string of the molecule is CC(C)OCCS(=O)(=O)NC1CCCC1CN. The van der Waals surface area contributed by atoms with Crippen molar-refractivity contribution in [3.63, 3.8) is 0 Å². The van der Waals surface area contributed by atoms with Crippen molar-refractivity contribution >= 4 is 10.0 Å². The highest BCUT2D eigenvalue weighted by Gasteiger charge is 2.29. The Bertz CT molecular complexity index is 317. The molecule has 1 saturated carbocycles. The molecule has 0 amide bonds. The molecule has 0 aromatic rings. The highest BCUT2D eigenvalue weighted by atomic mass is 32.2. The van der Waals surface area contributed by atoms with Crippen molar-refractivity contribution in [2.45, 2.75) is 45.3 Å². The van der Waals surface area contributed by atoms with E-state index >= 15 is 0 Å². The van der Waals surface area contributed by atoms with Gasteiger partial charge in [-0.3, -0.25) is 0 Å². The largest absolute Gasteiger partial charge is 0.378 e. The van der Waals surface area contributed by atoms with Crippen molar-refractivity contribution in [3.05, 3.63) is 0 Å². The zero-order valence-electron chi connectivity index (χ0n) is 10.7. The molecule has 17 heavy (non-hydrogen) atoms. The van der Waals surface area contributed by atoms with Gasteiger partial charge in [0.25, 0.3) is 0 Å². The first-order chi connectivity index (χ1) is 7.94. The summed E-state index contributed by atoms with van der Waals surface area (Å²) in [6.07, 6.45) is 3.03. The average molecular weight is 264 g/mol. The van der Waals surface area contributed by atoms with E-state index in [0.717, 1.165) is 19.3 Å². The maximum atomic E-state index is 11.8. The van der Waals surface area contributed by atoms with Crippen molar-refractivity contribution in [1.82, 2.24) is 4.72 Å². The van der Waals surface area contributed by atoms with Gasteiger partial charge >= 0.3 is 0 Å². The summed E-state index contributed by atoms with van der Waals surface area (Å²) in [4.78, 5) is 0. The number of nitrogens with one attached hydrogen (secondary N) is 1. The number of hydrogen-bond acceptors (Lipinski definition) is 4. The molecule has 0 saturated heterocycles. The molecule has 5 nitrogen and oxygen atoms in total. The van der Waals surface area contributed by atoms with Crippen LogP contribution in [-0.2, 0) is 14.8 Å². The van der Waals surface area contributed by atoms with Gasteiger partial charge < -0.3 is 10.5 Å². The minimum atomic E-state index is -3.23. The first-order valence-corrected chi connectivity index (χ1v) is 7.91. The molecule has 2 unspecified atom stereocenters. The van der Waals surface area contributed by atoms with Crippen molar-refractivity contribution in [3.8, 4) is 0 Å². The Morgan fingerprint density at radius 1 is 1.41 bits per heavy atom. The summed E-state index contributed by atoms with van der Waals surface area (Å²) in [7, 11) is -3.23. The van der Waals surface area contributed by atoms with Crippen LogP contribution in [0.5, 0.6) is 0 Å². The van der Waals surface area contributed by atoms with E-state index in [4.69, 9.17) is 10.5 Å². The average Bonchev–Trinajstić information content (AvgIpc) is 2.63. The fourth-order valence-electron chi connectivity index (χ4n) is 2.16. The predicted octanol–water partition coefficient (Wildman–Crippen LogP) is 0.458. The molecule has 6 heteroatoms. The summed E-state index contributed by atoms with van der Waals surface area (Å²) in [5, 5.41) is 0. The van der Waals surface area contributed by atoms with Gasteiger partial charge in [-0.1, -0.05) is 6.42 Å². The lowest BCUT2D eigenvalue weighted by molar-refractivity contribution is 0.0911. The fourth-order valence-corrected chi connectivity index (χ4v) is 3.36. The monoisotopic (exact) mass is 264 g/mol. The molecule has 0 radical (unpaired) electrons. The van der Waals surface area contributed by atoms with Gasteiger partial charge in [0.15, 0.2) is 0 Å². The predicted molar refractivity (Wildman–Crippen MR) is 68.2 cm³/mol. The molecule has 1 aliphatic rings. The van der Waals surface area contributed by atoms with Crippen molar-refractivity contribution in [2.75, 3.05) is 18.9 Å². The molecular formula is C11H24N2O3S. The van der Waals surface area contributed by atoms with Crippen LogP contribution in [0.4, 0.5) is 0 Å². The third-order valence-electron chi connectivity index (χ3n) is 3.10. The molecule has 1 aliphatic carbocycles. The van der Waals surface area contributed by atoms with Gasteiger partial charge in [-0.25, -0.2) is 13.1 Å². The van der Waals surface area contributed by atoms with E-state index in [0.29, 0.717) is 6.54 Å². The smallest absolute Gasteiger partial charge is 0.214 e. The number of hydrogen-bond donors (Lipinski definition) is 2. The second-order valence-corrected chi connectivity index (χ2v) is 6.76. The van der Waals surface area contributed by atoms with Gasteiger partial charge in [0.1, 0.15) is 0 Å². The molecule has 0 aliphatic heterocycles. The standard InChI is InChI=1S/C11H24N2O3S/c1-9(2)16-6-7-17(14,15)13-11-5-3-4-10(11)8-12/h9-11,13H,3-8,12H2,1-2H3. The van der Waals surface area contributed by atoms with Crippen molar-refractivity contribution in [2.24, 2.45) is 11.7 Å². The fraction of sp³-hybridized carbons (Fsp3) is 1.00. The topological polar surface area (TPSA) is 81.4 Å². The Balaban J connectivity index is 2.38. The van der Waals surface area contributed by atoms with Crippen LogP contribution in [0, 0.1) is 5.92 Å². The van der Waals surface area contributed by atoms with Crippen molar-refractivity contribution < 1.29 is 13.2 Å². The van der Waals surface area contributed by atoms with Crippen LogP contribution in [0.15, 0.2) is 0 Å². The Morgan fingerprint density at radius 2 is 2.12 bits per heavy atom. The highest BCUT2D eigenvalue weighted by molar-refractivity contribution is 7.89. The Morgan fingerprint density at radius 3 is 2.71 bits per heavy atom. The van der Waals surface area contributed by atoms with Crippen LogP contribution in [0.2, 0.25) is 0 Å². The number of sulfonamides is 1. The summed E-state index contributed by atoms with van der Waals surface area (Å²) in [5.74, 6) is 0.315. The molecule has 0 aromatic heterocycles. The quantitative estimate of drug-likeness (QED) is 0.700. The van der Waals surface area contributed by atoms with Crippen molar-refractivity contribution in [1.29, 1.82) is 0 Å².